The third kappa shape index (κ3) is 2.73. The van der Waals surface area contributed by atoms with Crippen molar-refractivity contribution >= 4 is 28.0 Å². The molecule has 6 heteroatoms. The highest BCUT2D eigenvalue weighted by Gasteiger charge is 2.22. The maximum absolute atomic E-state index is 6.22. The molecule has 1 saturated heterocycles. The monoisotopic (exact) mass is 359 g/mol. The predicted molar refractivity (Wildman–Crippen MR) is 107 cm³/mol. The average molecular weight is 359 g/mol. The first kappa shape index (κ1) is 16.2. The van der Waals surface area contributed by atoms with Gasteiger partial charge in [-0.3, -0.25) is 0 Å². The van der Waals surface area contributed by atoms with Crippen LogP contribution in [0.3, 0.4) is 0 Å². The molecule has 1 aliphatic rings. The van der Waals surface area contributed by atoms with Crippen molar-refractivity contribution in [3.05, 3.63) is 48.3 Å². The van der Waals surface area contributed by atoms with Gasteiger partial charge in [0.1, 0.15) is 11.8 Å². The number of likely N-dealkylation sites (N-methyl/N-ethyl adjacent to an activating group) is 1. The summed E-state index contributed by atoms with van der Waals surface area (Å²) < 4.78 is 6.22. The molecule has 0 bridgehead atoms. The van der Waals surface area contributed by atoms with Crippen molar-refractivity contribution in [1.82, 2.24) is 19.9 Å². The minimum atomic E-state index is 0.625. The third-order valence-corrected chi connectivity index (χ3v) is 5.28. The van der Waals surface area contributed by atoms with E-state index in [1.807, 2.05) is 18.2 Å². The number of pyridine rings is 1. The second-order valence-corrected chi connectivity index (χ2v) is 7.14. The molecule has 1 aliphatic heterocycles. The lowest BCUT2D eigenvalue weighted by Gasteiger charge is -2.32. The summed E-state index contributed by atoms with van der Waals surface area (Å²) in [6.07, 6.45) is 1.63. The van der Waals surface area contributed by atoms with E-state index >= 15 is 0 Å². The van der Waals surface area contributed by atoms with Crippen molar-refractivity contribution in [2.75, 3.05) is 38.1 Å². The van der Waals surface area contributed by atoms with Gasteiger partial charge in [0.2, 0.25) is 5.71 Å². The van der Waals surface area contributed by atoms with E-state index in [0.717, 1.165) is 65.3 Å². The summed E-state index contributed by atoms with van der Waals surface area (Å²) in [7, 11) is 2.15. The molecular weight excluding hydrogens is 338 g/mol. The number of piperazine rings is 1. The Labute approximate surface area is 157 Å². The number of nitrogens with zero attached hydrogens (tertiary/aromatic N) is 5. The quantitative estimate of drug-likeness (QED) is 0.546. The van der Waals surface area contributed by atoms with Gasteiger partial charge >= 0.3 is 0 Å². The second-order valence-electron chi connectivity index (χ2n) is 7.14. The Morgan fingerprint density at radius 3 is 2.56 bits per heavy atom. The Morgan fingerprint density at radius 2 is 1.78 bits per heavy atom. The van der Waals surface area contributed by atoms with Gasteiger partial charge in [-0.05, 0) is 25.6 Å². The molecule has 0 spiro atoms. The highest BCUT2D eigenvalue weighted by Crippen LogP contribution is 2.35. The minimum absolute atomic E-state index is 0.625. The highest BCUT2D eigenvalue weighted by molar-refractivity contribution is 6.06. The minimum Gasteiger partial charge on any atom is -0.432 e. The Kier molecular flexibility index (Phi) is 3.79. The zero-order valence-corrected chi connectivity index (χ0v) is 15.5. The molecule has 0 radical (unpaired) electrons. The Hall–Kier alpha value is -2.99. The van der Waals surface area contributed by atoms with Crippen LogP contribution in [0.25, 0.3) is 33.5 Å². The number of aryl methyl sites for hydroxylation is 1. The Bertz CT molecular complexity index is 1110. The van der Waals surface area contributed by atoms with Crippen LogP contribution in [0.4, 0.5) is 5.82 Å². The lowest BCUT2D eigenvalue weighted by molar-refractivity contribution is 0.312. The number of anilines is 1. The van der Waals surface area contributed by atoms with Crippen LogP contribution in [0, 0.1) is 6.92 Å². The van der Waals surface area contributed by atoms with E-state index in [4.69, 9.17) is 9.40 Å². The van der Waals surface area contributed by atoms with Crippen molar-refractivity contribution in [2.45, 2.75) is 6.92 Å². The van der Waals surface area contributed by atoms with Crippen molar-refractivity contribution in [2.24, 2.45) is 0 Å². The van der Waals surface area contributed by atoms with Crippen LogP contribution in [-0.4, -0.2) is 53.1 Å². The lowest BCUT2D eigenvalue weighted by atomic mass is 10.1. The fourth-order valence-corrected chi connectivity index (χ4v) is 3.74. The largest absolute Gasteiger partial charge is 0.432 e. The molecule has 0 N–H and O–H groups in total. The summed E-state index contributed by atoms with van der Waals surface area (Å²) >= 11 is 0. The third-order valence-electron chi connectivity index (χ3n) is 5.28. The predicted octanol–water partition coefficient (Wildman–Crippen LogP) is 3.50. The van der Waals surface area contributed by atoms with Crippen molar-refractivity contribution in [3.8, 4) is 11.3 Å². The normalized spacial score (nSPS) is 15.7. The van der Waals surface area contributed by atoms with E-state index in [2.05, 4.69) is 51.9 Å². The topological polar surface area (TPSA) is 58.3 Å². The molecule has 1 aromatic carbocycles. The molecule has 1 fully saturated rings. The average Bonchev–Trinajstić information content (AvgIpc) is 3.08. The van der Waals surface area contributed by atoms with Gasteiger partial charge in [0.15, 0.2) is 11.4 Å². The smallest absolute Gasteiger partial charge is 0.230 e. The van der Waals surface area contributed by atoms with Crippen LogP contribution in [0.2, 0.25) is 0 Å². The molecule has 0 unspecified atom stereocenters. The van der Waals surface area contributed by atoms with E-state index < -0.39 is 0 Å². The molecule has 5 rings (SSSR count). The van der Waals surface area contributed by atoms with Crippen molar-refractivity contribution in [1.29, 1.82) is 0 Å². The number of hydrogen-bond donors (Lipinski definition) is 0. The number of hydrogen-bond acceptors (Lipinski definition) is 6. The van der Waals surface area contributed by atoms with Gasteiger partial charge in [-0.25, -0.2) is 15.0 Å². The Balaban J connectivity index is 1.68. The highest BCUT2D eigenvalue weighted by atomic mass is 16.3. The van der Waals surface area contributed by atoms with Gasteiger partial charge in [0.25, 0.3) is 0 Å². The van der Waals surface area contributed by atoms with Crippen LogP contribution in [-0.2, 0) is 0 Å². The molecule has 136 valence electrons. The van der Waals surface area contributed by atoms with Crippen LogP contribution >= 0.6 is 0 Å². The zero-order valence-electron chi connectivity index (χ0n) is 15.5. The molecule has 0 saturated carbocycles. The fourth-order valence-electron chi connectivity index (χ4n) is 3.74. The van der Waals surface area contributed by atoms with E-state index in [-0.39, 0.29) is 0 Å². The zero-order chi connectivity index (χ0) is 18.4. The Morgan fingerprint density at radius 1 is 1.00 bits per heavy atom. The first-order valence-electron chi connectivity index (χ1n) is 9.24. The molecule has 4 heterocycles. The number of fused-ring (bicyclic) bond motifs is 3. The van der Waals surface area contributed by atoms with Crippen molar-refractivity contribution < 1.29 is 4.42 Å². The van der Waals surface area contributed by atoms with Gasteiger partial charge < -0.3 is 14.2 Å². The van der Waals surface area contributed by atoms with Gasteiger partial charge in [0, 0.05) is 31.7 Å². The molecular formula is C21H21N5O. The van der Waals surface area contributed by atoms with Crippen LogP contribution in [0.5, 0.6) is 0 Å². The van der Waals surface area contributed by atoms with Gasteiger partial charge in [-0.15, -0.1) is 0 Å². The molecule has 6 nitrogen and oxygen atoms in total. The van der Waals surface area contributed by atoms with Crippen LogP contribution < -0.4 is 4.90 Å². The molecule has 3 aromatic heterocycles. The SMILES string of the molecule is Cc1cc(-c2ccccc2)nc2oc3c(N4CCN(C)CC4)ncnc3c12. The number of benzene rings is 1. The maximum atomic E-state index is 6.22. The summed E-state index contributed by atoms with van der Waals surface area (Å²) in [5.74, 6) is 0.867. The summed E-state index contributed by atoms with van der Waals surface area (Å²) in [5, 5.41) is 0.974. The van der Waals surface area contributed by atoms with Gasteiger partial charge in [-0.1, -0.05) is 30.3 Å². The molecule has 27 heavy (non-hydrogen) atoms. The first-order chi connectivity index (χ1) is 13.2. The van der Waals surface area contributed by atoms with E-state index in [1.54, 1.807) is 6.33 Å². The summed E-state index contributed by atoms with van der Waals surface area (Å²) in [4.78, 5) is 18.4. The summed E-state index contributed by atoms with van der Waals surface area (Å²) in [6, 6.07) is 12.3. The molecule has 0 atom stereocenters. The maximum Gasteiger partial charge on any atom is 0.230 e. The second kappa shape index (κ2) is 6.32. The number of aromatic nitrogens is 3. The summed E-state index contributed by atoms with van der Waals surface area (Å²) in [6.45, 7) is 5.98. The van der Waals surface area contributed by atoms with E-state index in [0.29, 0.717) is 5.71 Å². The van der Waals surface area contributed by atoms with Crippen molar-refractivity contribution in [3.63, 3.8) is 0 Å². The summed E-state index contributed by atoms with van der Waals surface area (Å²) in [5.41, 5.74) is 5.30. The first-order valence-corrected chi connectivity index (χ1v) is 9.24. The number of rotatable bonds is 2. The standard InChI is InChI=1S/C21H21N5O/c1-14-12-16(15-6-4-3-5-7-15)24-21-17(14)18-19(27-21)20(23-13-22-18)26-10-8-25(2)9-11-26/h3-7,12-13H,8-11H2,1-2H3. The van der Waals surface area contributed by atoms with Gasteiger partial charge in [-0.2, -0.15) is 0 Å². The van der Waals surface area contributed by atoms with E-state index in [9.17, 15) is 0 Å². The fraction of sp³-hybridized carbons (Fsp3) is 0.286. The van der Waals surface area contributed by atoms with Crippen LogP contribution in [0.15, 0.2) is 47.1 Å². The van der Waals surface area contributed by atoms with Crippen LogP contribution in [0.1, 0.15) is 5.56 Å². The molecule has 4 aromatic rings. The van der Waals surface area contributed by atoms with Gasteiger partial charge in [0.05, 0.1) is 11.1 Å². The molecule has 0 aliphatic carbocycles. The van der Waals surface area contributed by atoms with E-state index in [1.165, 1.54) is 0 Å². The lowest BCUT2D eigenvalue weighted by Crippen LogP contribution is -2.44. The molecule has 0 amide bonds. The number of furan rings is 1.